The standard InChI is InChI=1S/C18H11F6N3O/c19-17(20,21)11-2-4-12(5-3-11)27-16-15(25-7-8-26-16)10-1-6-14(28)13(9-10)18(22,23)24/h1-9,28H,(H,26,27). The van der Waals surface area contributed by atoms with E-state index in [1.165, 1.54) is 30.6 Å². The number of hydrogen-bond acceptors (Lipinski definition) is 4. The molecule has 0 unspecified atom stereocenters. The fourth-order valence-corrected chi connectivity index (χ4v) is 2.43. The van der Waals surface area contributed by atoms with Gasteiger partial charge in [-0.15, -0.1) is 0 Å². The lowest BCUT2D eigenvalue weighted by atomic mass is 10.1. The molecule has 2 aromatic carbocycles. The van der Waals surface area contributed by atoms with Crippen molar-refractivity contribution >= 4 is 11.5 Å². The Hall–Kier alpha value is -3.30. The van der Waals surface area contributed by atoms with Crippen LogP contribution in [0.2, 0.25) is 0 Å². The molecular weight excluding hydrogens is 388 g/mol. The van der Waals surface area contributed by atoms with Crippen LogP contribution < -0.4 is 5.32 Å². The normalized spacial score (nSPS) is 12.1. The summed E-state index contributed by atoms with van der Waals surface area (Å²) in [5.41, 5.74) is -1.79. The molecule has 0 aliphatic carbocycles. The average Bonchev–Trinajstić information content (AvgIpc) is 2.61. The molecule has 0 fully saturated rings. The smallest absolute Gasteiger partial charge is 0.419 e. The molecule has 3 aromatic rings. The number of alkyl halides is 6. The second kappa shape index (κ2) is 7.02. The summed E-state index contributed by atoms with van der Waals surface area (Å²) in [7, 11) is 0. The Bertz CT molecular complexity index is 984. The van der Waals surface area contributed by atoms with Crippen molar-refractivity contribution in [2.24, 2.45) is 0 Å². The largest absolute Gasteiger partial charge is 0.507 e. The number of hydrogen-bond donors (Lipinski definition) is 2. The first kappa shape index (κ1) is 19.5. The van der Waals surface area contributed by atoms with E-state index in [9.17, 15) is 31.4 Å². The summed E-state index contributed by atoms with van der Waals surface area (Å²) in [5, 5.41) is 12.2. The van der Waals surface area contributed by atoms with Crippen molar-refractivity contribution in [2.75, 3.05) is 5.32 Å². The summed E-state index contributed by atoms with van der Waals surface area (Å²) in [6, 6.07) is 6.89. The van der Waals surface area contributed by atoms with Gasteiger partial charge in [-0.1, -0.05) is 0 Å². The van der Waals surface area contributed by atoms with Crippen molar-refractivity contribution in [1.82, 2.24) is 9.97 Å². The molecule has 10 heteroatoms. The van der Waals surface area contributed by atoms with Gasteiger partial charge in [0.2, 0.25) is 0 Å². The minimum atomic E-state index is -4.77. The third-order valence-electron chi connectivity index (χ3n) is 3.75. The van der Waals surface area contributed by atoms with Crippen LogP contribution in [0, 0.1) is 0 Å². The van der Waals surface area contributed by atoms with E-state index in [1.807, 2.05) is 0 Å². The van der Waals surface area contributed by atoms with Crippen LogP contribution in [0.3, 0.4) is 0 Å². The van der Waals surface area contributed by atoms with Crippen molar-refractivity contribution in [3.63, 3.8) is 0 Å². The van der Waals surface area contributed by atoms with Crippen LogP contribution in [0.15, 0.2) is 54.9 Å². The highest BCUT2D eigenvalue weighted by molar-refractivity contribution is 5.76. The molecule has 0 saturated carbocycles. The topological polar surface area (TPSA) is 58.0 Å². The van der Waals surface area contributed by atoms with Crippen LogP contribution in [0.5, 0.6) is 5.75 Å². The number of anilines is 2. The molecule has 0 aliphatic heterocycles. The third-order valence-corrected chi connectivity index (χ3v) is 3.75. The van der Waals surface area contributed by atoms with Gasteiger partial charge in [-0.25, -0.2) is 4.98 Å². The summed E-state index contributed by atoms with van der Waals surface area (Å²) >= 11 is 0. The number of phenolic OH excluding ortho intramolecular Hbond substituents is 1. The zero-order valence-corrected chi connectivity index (χ0v) is 13.8. The lowest BCUT2D eigenvalue weighted by Gasteiger charge is -2.14. The quantitative estimate of drug-likeness (QED) is 0.561. The van der Waals surface area contributed by atoms with E-state index < -0.39 is 29.2 Å². The molecule has 0 aliphatic rings. The third kappa shape index (κ3) is 4.16. The number of nitrogens with one attached hydrogen (secondary N) is 1. The van der Waals surface area contributed by atoms with Crippen molar-refractivity contribution in [1.29, 1.82) is 0 Å². The van der Waals surface area contributed by atoms with Gasteiger partial charge in [-0.2, -0.15) is 26.3 Å². The first-order chi connectivity index (χ1) is 13.1. The molecule has 0 radical (unpaired) electrons. The minimum absolute atomic E-state index is 0.0210. The van der Waals surface area contributed by atoms with Gasteiger partial charge in [0, 0.05) is 23.6 Å². The van der Waals surface area contributed by atoms with Crippen molar-refractivity contribution < 1.29 is 31.4 Å². The van der Waals surface area contributed by atoms with Crippen molar-refractivity contribution in [3.05, 3.63) is 66.0 Å². The van der Waals surface area contributed by atoms with E-state index in [0.29, 0.717) is 0 Å². The summed E-state index contributed by atoms with van der Waals surface area (Å²) in [4.78, 5) is 8.00. The van der Waals surface area contributed by atoms with Crippen LogP contribution in [0.25, 0.3) is 11.3 Å². The van der Waals surface area contributed by atoms with Gasteiger partial charge in [0.1, 0.15) is 11.4 Å². The highest BCUT2D eigenvalue weighted by atomic mass is 19.4. The van der Waals surface area contributed by atoms with Gasteiger partial charge in [0.25, 0.3) is 0 Å². The van der Waals surface area contributed by atoms with Crippen LogP contribution >= 0.6 is 0 Å². The van der Waals surface area contributed by atoms with Gasteiger partial charge < -0.3 is 10.4 Å². The number of nitrogens with zero attached hydrogens (tertiary/aromatic N) is 2. The lowest BCUT2D eigenvalue weighted by Crippen LogP contribution is -2.06. The Balaban J connectivity index is 1.97. The molecule has 146 valence electrons. The van der Waals surface area contributed by atoms with Gasteiger partial charge in [-0.3, -0.25) is 4.98 Å². The van der Waals surface area contributed by atoms with E-state index in [4.69, 9.17) is 0 Å². The molecular formula is C18H11F6N3O. The zero-order chi connectivity index (χ0) is 20.5. The summed E-state index contributed by atoms with van der Waals surface area (Å²) in [6.07, 6.45) is -6.73. The van der Waals surface area contributed by atoms with Gasteiger partial charge >= 0.3 is 12.4 Å². The number of rotatable bonds is 3. The highest BCUT2D eigenvalue weighted by Crippen LogP contribution is 2.39. The monoisotopic (exact) mass is 399 g/mol. The molecule has 0 bridgehead atoms. The fraction of sp³-hybridized carbons (Fsp3) is 0.111. The summed E-state index contributed by atoms with van der Waals surface area (Å²) < 4.78 is 77.0. The number of aromatic hydroxyl groups is 1. The maximum absolute atomic E-state index is 13.0. The highest BCUT2D eigenvalue weighted by Gasteiger charge is 2.34. The summed E-state index contributed by atoms with van der Waals surface area (Å²) in [6.45, 7) is 0. The number of benzene rings is 2. The van der Waals surface area contributed by atoms with Crippen LogP contribution in [0.4, 0.5) is 37.8 Å². The van der Waals surface area contributed by atoms with Gasteiger partial charge in [0.05, 0.1) is 11.1 Å². The summed E-state index contributed by atoms with van der Waals surface area (Å²) in [5.74, 6) is -0.890. The molecule has 1 heterocycles. The predicted octanol–water partition coefficient (Wildman–Crippen LogP) is 5.63. The van der Waals surface area contributed by atoms with E-state index in [-0.39, 0.29) is 22.8 Å². The molecule has 0 saturated heterocycles. The molecule has 4 nitrogen and oxygen atoms in total. The Kier molecular flexibility index (Phi) is 4.88. The first-order valence-corrected chi connectivity index (χ1v) is 7.71. The van der Waals surface area contributed by atoms with Gasteiger partial charge in [0.15, 0.2) is 5.82 Å². The van der Waals surface area contributed by atoms with Crippen LogP contribution in [-0.4, -0.2) is 15.1 Å². The maximum Gasteiger partial charge on any atom is 0.419 e. The van der Waals surface area contributed by atoms with Crippen molar-refractivity contribution in [3.8, 4) is 17.0 Å². The van der Waals surface area contributed by atoms with Gasteiger partial charge in [-0.05, 0) is 42.5 Å². The SMILES string of the molecule is Oc1ccc(-c2nccnc2Nc2ccc(C(F)(F)F)cc2)cc1C(F)(F)F. The number of aromatic nitrogens is 2. The van der Waals surface area contributed by atoms with Crippen LogP contribution in [-0.2, 0) is 12.4 Å². The Morgan fingerprint density at radius 2 is 1.43 bits per heavy atom. The maximum atomic E-state index is 13.0. The van der Waals surface area contributed by atoms with E-state index in [0.717, 1.165) is 24.3 Å². The minimum Gasteiger partial charge on any atom is -0.507 e. The van der Waals surface area contributed by atoms with E-state index >= 15 is 0 Å². The van der Waals surface area contributed by atoms with Crippen molar-refractivity contribution in [2.45, 2.75) is 12.4 Å². The zero-order valence-electron chi connectivity index (χ0n) is 13.8. The Morgan fingerprint density at radius 1 is 0.786 bits per heavy atom. The second-order valence-corrected chi connectivity index (χ2v) is 5.68. The van der Waals surface area contributed by atoms with Crippen LogP contribution in [0.1, 0.15) is 11.1 Å². The molecule has 1 aromatic heterocycles. The first-order valence-electron chi connectivity index (χ1n) is 7.71. The van der Waals surface area contributed by atoms with E-state index in [1.54, 1.807) is 0 Å². The lowest BCUT2D eigenvalue weighted by molar-refractivity contribution is -0.139. The Morgan fingerprint density at radius 3 is 2.04 bits per heavy atom. The van der Waals surface area contributed by atoms with E-state index in [2.05, 4.69) is 15.3 Å². The molecule has 28 heavy (non-hydrogen) atoms. The number of halogens is 6. The molecule has 3 rings (SSSR count). The average molecular weight is 399 g/mol. The molecule has 0 spiro atoms. The predicted molar refractivity (Wildman–Crippen MR) is 88.9 cm³/mol. The second-order valence-electron chi connectivity index (χ2n) is 5.68. The fourth-order valence-electron chi connectivity index (χ4n) is 2.43. The number of phenols is 1. The molecule has 0 atom stereocenters. The molecule has 2 N–H and O–H groups in total. The molecule has 0 amide bonds. The Labute approximate surface area is 154 Å².